The van der Waals surface area contributed by atoms with E-state index in [2.05, 4.69) is 15.4 Å². The molecule has 0 saturated heterocycles. The minimum absolute atomic E-state index is 0.0840. The molecule has 6 rings (SSSR count). The lowest BCUT2D eigenvalue weighted by Gasteiger charge is -2.60. The molecule has 2 aromatic rings. The number of aryl methyl sites for hydroxylation is 1. The van der Waals surface area contributed by atoms with E-state index in [4.69, 9.17) is 0 Å². The molecule has 0 radical (unpaired) electrons. The highest BCUT2D eigenvalue weighted by Crippen LogP contribution is 2.64. The van der Waals surface area contributed by atoms with E-state index < -0.39 is 21.8 Å². The minimum atomic E-state index is -0.591. The van der Waals surface area contributed by atoms with Gasteiger partial charge in [-0.3, -0.25) is 4.79 Å². The van der Waals surface area contributed by atoms with Gasteiger partial charge < -0.3 is 15.4 Å². The van der Waals surface area contributed by atoms with Gasteiger partial charge in [-0.25, -0.2) is 4.39 Å². The predicted octanol–water partition coefficient (Wildman–Crippen LogP) is 3.57. The fourth-order valence-corrected chi connectivity index (χ4v) is 6.30. The third-order valence-corrected chi connectivity index (χ3v) is 7.09. The molecule has 8 nitrogen and oxygen atoms in total. The summed E-state index contributed by atoms with van der Waals surface area (Å²) in [6.07, 6.45) is 6.40. The molecular formula is C20H22FN5O3. The maximum atomic E-state index is 13.7. The summed E-state index contributed by atoms with van der Waals surface area (Å²) in [7, 11) is 0. The first-order valence-corrected chi connectivity index (χ1v) is 9.93. The maximum Gasteiger partial charge on any atom is 0.490 e. The van der Waals surface area contributed by atoms with Crippen LogP contribution < -0.4 is 5.32 Å². The van der Waals surface area contributed by atoms with E-state index in [9.17, 15) is 19.3 Å². The smallest absolute Gasteiger partial charge is 0.390 e. The van der Waals surface area contributed by atoms with Gasteiger partial charge in [0.1, 0.15) is 5.82 Å². The summed E-state index contributed by atoms with van der Waals surface area (Å²) in [5, 5.41) is 18.1. The van der Waals surface area contributed by atoms with E-state index >= 15 is 0 Å². The lowest BCUT2D eigenvalue weighted by molar-refractivity contribution is -0.394. The SMILES string of the molecule is Cc1ccc(F)cc1NC(=O)C12C[C@H]3C[C@@H](C1)CC(n1cnc([N+](=O)[O-])n1)(C3)C2. The molecule has 152 valence electrons. The first-order chi connectivity index (χ1) is 13.8. The van der Waals surface area contributed by atoms with Crippen molar-refractivity contribution in [2.75, 3.05) is 5.32 Å². The molecule has 4 fully saturated rings. The van der Waals surface area contributed by atoms with Gasteiger partial charge in [-0.15, -0.1) is 0 Å². The molecule has 1 heterocycles. The highest BCUT2D eigenvalue weighted by atomic mass is 19.1. The Morgan fingerprint density at radius 3 is 2.69 bits per heavy atom. The first kappa shape index (κ1) is 18.2. The van der Waals surface area contributed by atoms with Gasteiger partial charge in [-0.1, -0.05) is 11.1 Å². The van der Waals surface area contributed by atoms with Crippen LogP contribution in [-0.2, 0) is 10.3 Å². The number of hydrogen-bond donors (Lipinski definition) is 1. The van der Waals surface area contributed by atoms with Crippen molar-refractivity contribution < 1.29 is 14.1 Å². The second-order valence-corrected chi connectivity index (χ2v) is 9.13. The number of rotatable bonds is 4. The molecule has 2 unspecified atom stereocenters. The van der Waals surface area contributed by atoms with E-state index in [1.807, 2.05) is 6.92 Å². The molecule has 4 aliphatic carbocycles. The van der Waals surface area contributed by atoms with Gasteiger partial charge in [-0.2, -0.15) is 4.68 Å². The van der Waals surface area contributed by atoms with Crippen molar-refractivity contribution in [2.24, 2.45) is 17.3 Å². The summed E-state index contributed by atoms with van der Waals surface area (Å²) in [4.78, 5) is 27.7. The maximum absolute atomic E-state index is 13.7. The summed E-state index contributed by atoms with van der Waals surface area (Å²) in [6.45, 7) is 1.84. The molecule has 4 aliphatic rings. The number of carbonyl (C=O) groups is 1. The van der Waals surface area contributed by atoms with Gasteiger partial charge >= 0.3 is 5.95 Å². The summed E-state index contributed by atoms with van der Waals surface area (Å²) in [5.41, 5.74) is 0.325. The van der Waals surface area contributed by atoms with Crippen molar-refractivity contribution in [1.82, 2.24) is 14.8 Å². The van der Waals surface area contributed by atoms with Crippen LogP contribution in [0.1, 0.15) is 44.1 Å². The van der Waals surface area contributed by atoms with Crippen molar-refractivity contribution in [1.29, 1.82) is 0 Å². The quantitative estimate of drug-likeness (QED) is 0.625. The van der Waals surface area contributed by atoms with Crippen LogP contribution in [0, 0.1) is 40.1 Å². The number of halogens is 1. The highest BCUT2D eigenvalue weighted by Gasteiger charge is 2.62. The van der Waals surface area contributed by atoms with Gasteiger partial charge in [0.05, 0.1) is 11.0 Å². The molecular weight excluding hydrogens is 377 g/mol. The normalized spacial score (nSPS) is 32.3. The summed E-state index contributed by atoms with van der Waals surface area (Å²) in [5.74, 6) is -0.130. The third-order valence-electron chi connectivity index (χ3n) is 7.09. The molecule has 29 heavy (non-hydrogen) atoms. The Balaban J connectivity index is 1.48. The Bertz CT molecular complexity index is 1010. The number of hydrogen-bond acceptors (Lipinski definition) is 5. The number of nitrogens with zero attached hydrogens (tertiary/aromatic N) is 4. The molecule has 1 aromatic heterocycles. The Labute approximate surface area is 166 Å². The Hall–Kier alpha value is -2.84. The zero-order chi connectivity index (χ0) is 20.4. The van der Waals surface area contributed by atoms with Crippen LogP contribution in [0.25, 0.3) is 0 Å². The van der Waals surface area contributed by atoms with E-state index in [0.29, 0.717) is 23.9 Å². The van der Waals surface area contributed by atoms with Crippen LogP contribution in [0.15, 0.2) is 24.5 Å². The fraction of sp³-hybridized carbons (Fsp3) is 0.550. The molecule has 4 atom stereocenters. The van der Waals surface area contributed by atoms with E-state index in [1.165, 1.54) is 18.5 Å². The molecule has 4 bridgehead atoms. The van der Waals surface area contributed by atoms with Crippen LogP contribution in [0.3, 0.4) is 0 Å². The topological polar surface area (TPSA) is 103 Å². The van der Waals surface area contributed by atoms with Crippen LogP contribution in [0.4, 0.5) is 16.0 Å². The number of amides is 1. The number of anilines is 1. The summed E-state index contributed by atoms with van der Waals surface area (Å²) in [6, 6.07) is 4.38. The number of benzene rings is 1. The second kappa shape index (κ2) is 6.08. The first-order valence-electron chi connectivity index (χ1n) is 9.93. The number of nitrogens with one attached hydrogen (secondary N) is 1. The lowest BCUT2D eigenvalue weighted by Crippen LogP contribution is -2.60. The molecule has 0 spiro atoms. The van der Waals surface area contributed by atoms with Crippen LogP contribution in [-0.4, -0.2) is 25.6 Å². The number of aromatic nitrogens is 3. The second-order valence-electron chi connectivity index (χ2n) is 9.13. The Morgan fingerprint density at radius 2 is 2.03 bits per heavy atom. The Kier molecular flexibility index (Phi) is 3.81. The molecule has 9 heteroatoms. The van der Waals surface area contributed by atoms with Crippen molar-refractivity contribution >= 4 is 17.5 Å². The highest BCUT2D eigenvalue weighted by molar-refractivity contribution is 5.96. The van der Waals surface area contributed by atoms with Crippen LogP contribution in [0.5, 0.6) is 0 Å². The van der Waals surface area contributed by atoms with Crippen LogP contribution in [0.2, 0.25) is 0 Å². The predicted molar refractivity (Wildman–Crippen MR) is 102 cm³/mol. The largest absolute Gasteiger partial charge is 0.490 e. The average molecular weight is 399 g/mol. The lowest BCUT2D eigenvalue weighted by atomic mass is 9.46. The summed E-state index contributed by atoms with van der Waals surface area (Å²) >= 11 is 0. The van der Waals surface area contributed by atoms with Gasteiger partial charge in [0.25, 0.3) is 0 Å². The van der Waals surface area contributed by atoms with Gasteiger partial charge in [0.15, 0.2) is 0 Å². The van der Waals surface area contributed by atoms with Crippen molar-refractivity contribution in [3.63, 3.8) is 0 Å². The van der Waals surface area contributed by atoms with E-state index in [0.717, 1.165) is 37.7 Å². The fourth-order valence-electron chi connectivity index (χ4n) is 6.30. The van der Waals surface area contributed by atoms with Crippen molar-refractivity contribution in [3.05, 3.63) is 46.0 Å². The van der Waals surface area contributed by atoms with Crippen LogP contribution >= 0.6 is 0 Å². The molecule has 1 N–H and O–H groups in total. The van der Waals surface area contributed by atoms with Gasteiger partial charge in [-0.05, 0) is 79.9 Å². The van der Waals surface area contributed by atoms with E-state index in [-0.39, 0.29) is 11.7 Å². The zero-order valence-electron chi connectivity index (χ0n) is 16.1. The van der Waals surface area contributed by atoms with Gasteiger partial charge in [0.2, 0.25) is 12.2 Å². The standard InChI is InChI=1S/C20H22FN5O3/c1-12-2-3-15(21)5-16(12)23-17(27)19-6-13-4-14(7-19)9-20(8-13,10-19)25-11-22-18(24-25)26(28)29/h2-3,5,11,13-14H,4,6-10H2,1H3,(H,23,27)/t13-,14+,19?,20?. The summed E-state index contributed by atoms with van der Waals surface area (Å²) < 4.78 is 15.3. The Morgan fingerprint density at radius 1 is 1.31 bits per heavy atom. The minimum Gasteiger partial charge on any atom is -0.390 e. The zero-order valence-corrected chi connectivity index (χ0v) is 16.1. The van der Waals surface area contributed by atoms with E-state index in [1.54, 1.807) is 10.7 Å². The molecule has 1 amide bonds. The molecule has 4 saturated carbocycles. The molecule has 1 aromatic carbocycles. The average Bonchev–Trinajstić information content (AvgIpc) is 3.15. The monoisotopic (exact) mass is 399 g/mol. The number of nitro groups is 1. The number of carbonyl (C=O) groups excluding carboxylic acids is 1. The van der Waals surface area contributed by atoms with Crippen molar-refractivity contribution in [3.8, 4) is 0 Å². The third kappa shape index (κ3) is 2.82. The van der Waals surface area contributed by atoms with Crippen molar-refractivity contribution in [2.45, 2.75) is 51.0 Å². The molecule has 0 aliphatic heterocycles. The van der Waals surface area contributed by atoms with Gasteiger partial charge in [0, 0.05) is 10.8 Å².